The summed E-state index contributed by atoms with van der Waals surface area (Å²) in [5.74, 6) is -0.937. The zero-order valence-electron chi connectivity index (χ0n) is 12.0. The summed E-state index contributed by atoms with van der Waals surface area (Å²) in [5.41, 5.74) is 0.805. The van der Waals surface area contributed by atoms with Crippen molar-refractivity contribution >= 4 is 5.91 Å². The Bertz CT molecular complexity index is 869. The predicted molar refractivity (Wildman–Crippen MR) is 81.8 cm³/mol. The van der Waals surface area contributed by atoms with E-state index in [9.17, 15) is 14.0 Å². The summed E-state index contributed by atoms with van der Waals surface area (Å²) in [6.07, 6.45) is 0. The molecule has 1 amide bonds. The number of amides is 1. The van der Waals surface area contributed by atoms with E-state index in [0.717, 1.165) is 10.2 Å². The molecule has 0 aliphatic carbocycles. The van der Waals surface area contributed by atoms with Gasteiger partial charge in [0, 0.05) is 6.54 Å². The number of para-hydroxylation sites is 1. The number of hydrogen-bond donors (Lipinski definition) is 2. The minimum atomic E-state index is -0.513. The van der Waals surface area contributed by atoms with E-state index < -0.39 is 11.6 Å². The Balaban J connectivity index is 1.73. The number of nitrogens with one attached hydrogen (secondary N) is 2. The lowest BCUT2D eigenvalue weighted by Gasteiger charge is -2.03. The molecule has 0 aliphatic rings. The van der Waals surface area contributed by atoms with Crippen LogP contribution in [0.2, 0.25) is 0 Å². The number of aromatic nitrogens is 3. The van der Waals surface area contributed by atoms with Crippen molar-refractivity contribution in [1.82, 2.24) is 20.1 Å². The molecule has 116 valence electrons. The van der Waals surface area contributed by atoms with Gasteiger partial charge in [0.15, 0.2) is 0 Å². The molecule has 0 atom stereocenters. The van der Waals surface area contributed by atoms with E-state index in [1.54, 1.807) is 36.4 Å². The summed E-state index contributed by atoms with van der Waals surface area (Å²) in [4.78, 5) is 26.3. The molecule has 0 spiro atoms. The van der Waals surface area contributed by atoms with Crippen molar-refractivity contribution in [3.05, 3.63) is 82.3 Å². The normalized spacial score (nSPS) is 10.5. The van der Waals surface area contributed by atoms with E-state index in [0.29, 0.717) is 5.69 Å². The van der Waals surface area contributed by atoms with Gasteiger partial charge >= 0.3 is 5.69 Å². The van der Waals surface area contributed by atoms with Gasteiger partial charge in [0.2, 0.25) is 5.82 Å². The third-order valence-electron chi connectivity index (χ3n) is 3.20. The van der Waals surface area contributed by atoms with E-state index in [-0.39, 0.29) is 18.2 Å². The average Bonchev–Trinajstić information content (AvgIpc) is 2.97. The van der Waals surface area contributed by atoms with Crippen molar-refractivity contribution in [1.29, 1.82) is 0 Å². The maximum absolute atomic E-state index is 12.8. The average molecular weight is 312 g/mol. The highest BCUT2D eigenvalue weighted by molar-refractivity contribution is 5.90. The third kappa shape index (κ3) is 3.34. The van der Waals surface area contributed by atoms with Crippen molar-refractivity contribution in [2.75, 3.05) is 0 Å². The lowest BCUT2D eigenvalue weighted by atomic mass is 10.2. The number of aromatic amines is 1. The fraction of sp³-hybridized carbons (Fsp3) is 0.0625. The van der Waals surface area contributed by atoms with E-state index in [2.05, 4.69) is 15.4 Å². The van der Waals surface area contributed by atoms with E-state index in [4.69, 9.17) is 0 Å². The smallest absolute Gasteiger partial charge is 0.345 e. The Morgan fingerprint density at radius 1 is 1.13 bits per heavy atom. The number of halogens is 1. The molecule has 0 aliphatic heterocycles. The fourth-order valence-electron chi connectivity index (χ4n) is 2.04. The van der Waals surface area contributed by atoms with Crippen LogP contribution in [-0.4, -0.2) is 20.7 Å². The molecular formula is C16H13FN4O2. The molecular weight excluding hydrogens is 299 g/mol. The van der Waals surface area contributed by atoms with Crippen LogP contribution in [0.25, 0.3) is 5.69 Å². The maximum Gasteiger partial charge on any atom is 0.348 e. The summed E-state index contributed by atoms with van der Waals surface area (Å²) < 4.78 is 13.9. The molecule has 0 unspecified atom stereocenters. The highest BCUT2D eigenvalue weighted by Crippen LogP contribution is 2.04. The van der Waals surface area contributed by atoms with Crippen LogP contribution < -0.4 is 11.0 Å². The molecule has 1 heterocycles. The number of carbonyl (C=O) groups excluding carboxylic acids is 1. The first-order valence-electron chi connectivity index (χ1n) is 6.91. The molecule has 7 heteroatoms. The highest BCUT2D eigenvalue weighted by atomic mass is 19.1. The van der Waals surface area contributed by atoms with Crippen molar-refractivity contribution in [3.8, 4) is 5.69 Å². The summed E-state index contributed by atoms with van der Waals surface area (Å²) in [6, 6.07) is 14.5. The van der Waals surface area contributed by atoms with Gasteiger partial charge in [-0.3, -0.25) is 9.78 Å². The molecule has 3 rings (SSSR count). The molecule has 3 aromatic rings. The van der Waals surface area contributed by atoms with Gasteiger partial charge in [0.05, 0.1) is 5.69 Å². The molecule has 2 aromatic carbocycles. The van der Waals surface area contributed by atoms with Crippen LogP contribution in [0.5, 0.6) is 0 Å². The maximum atomic E-state index is 12.8. The van der Waals surface area contributed by atoms with Crippen LogP contribution in [0.3, 0.4) is 0 Å². The largest absolute Gasteiger partial charge is 0.348 e. The van der Waals surface area contributed by atoms with Crippen LogP contribution >= 0.6 is 0 Å². The second-order valence-corrected chi connectivity index (χ2v) is 4.84. The molecule has 0 radical (unpaired) electrons. The van der Waals surface area contributed by atoms with E-state index >= 15 is 0 Å². The van der Waals surface area contributed by atoms with Gasteiger partial charge in [0.25, 0.3) is 5.91 Å². The lowest BCUT2D eigenvalue weighted by Crippen LogP contribution is -2.24. The number of H-pyrrole nitrogens is 1. The monoisotopic (exact) mass is 312 g/mol. The molecule has 1 aromatic heterocycles. The molecule has 0 bridgehead atoms. The SMILES string of the molecule is O=C(NCc1ccc(F)cc1)c1nn(-c2ccccc2)c(=O)[nH]1. The minimum absolute atomic E-state index is 0.0824. The van der Waals surface area contributed by atoms with Crippen molar-refractivity contribution < 1.29 is 9.18 Å². The summed E-state index contributed by atoms with van der Waals surface area (Å²) in [5, 5.41) is 6.60. The molecule has 0 saturated heterocycles. The van der Waals surface area contributed by atoms with Crippen molar-refractivity contribution in [2.24, 2.45) is 0 Å². The van der Waals surface area contributed by atoms with Gasteiger partial charge in [-0.15, -0.1) is 5.10 Å². The van der Waals surface area contributed by atoms with Gasteiger partial charge in [-0.2, -0.15) is 4.68 Å². The van der Waals surface area contributed by atoms with Gasteiger partial charge < -0.3 is 5.32 Å². The number of hydrogen-bond acceptors (Lipinski definition) is 3. The number of nitrogens with zero attached hydrogens (tertiary/aromatic N) is 2. The first-order valence-corrected chi connectivity index (χ1v) is 6.91. The van der Waals surface area contributed by atoms with Gasteiger partial charge in [-0.05, 0) is 29.8 Å². The molecule has 0 saturated carbocycles. The van der Waals surface area contributed by atoms with Crippen LogP contribution in [0.1, 0.15) is 16.2 Å². The second-order valence-electron chi connectivity index (χ2n) is 4.84. The Morgan fingerprint density at radius 3 is 2.52 bits per heavy atom. The Hall–Kier alpha value is -3.22. The fourth-order valence-corrected chi connectivity index (χ4v) is 2.04. The number of rotatable bonds is 4. The summed E-state index contributed by atoms with van der Waals surface area (Å²) in [6.45, 7) is 0.208. The van der Waals surface area contributed by atoms with E-state index in [1.165, 1.54) is 12.1 Å². The molecule has 0 fully saturated rings. The summed E-state index contributed by atoms with van der Waals surface area (Å²) >= 11 is 0. The molecule has 2 N–H and O–H groups in total. The summed E-state index contributed by atoms with van der Waals surface area (Å²) in [7, 11) is 0. The van der Waals surface area contributed by atoms with Crippen molar-refractivity contribution in [3.63, 3.8) is 0 Å². The Labute approximate surface area is 130 Å². The standard InChI is InChI=1S/C16H13FN4O2/c17-12-8-6-11(7-9-12)10-18-15(22)14-19-16(23)21(20-14)13-4-2-1-3-5-13/h1-9H,10H2,(H,18,22)(H,19,20,23). The van der Waals surface area contributed by atoms with Crippen LogP contribution in [-0.2, 0) is 6.54 Å². The van der Waals surface area contributed by atoms with Gasteiger partial charge in [-0.25, -0.2) is 9.18 Å². The topological polar surface area (TPSA) is 79.8 Å². The Kier molecular flexibility index (Phi) is 4.01. The predicted octanol–water partition coefficient (Wildman–Crippen LogP) is 1.63. The first-order chi connectivity index (χ1) is 11.1. The van der Waals surface area contributed by atoms with Gasteiger partial charge in [0.1, 0.15) is 5.82 Å². The quantitative estimate of drug-likeness (QED) is 0.768. The lowest BCUT2D eigenvalue weighted by molar-refractivity contribution is 0.0940. The number of benzene rings is 2. The number of carbonyl (C=O) groups is 1. The second kappa shape index (κ2) is 6.27. The van der Waals surface area contributed by atoms with E-state index in [1.807, 2.05) is 6.07 Å². The van der Waals surface area contributed by atoms with Crippen LogP contribution in [0.4, 0.5) is 4.39 Å². The first kappa shape index (κ1) is 14.7. The zero-order chi connectivity index (χ0) is 16.2. The Morgan fingerprint density at radius 2 is 1.83 bits per heavy atom. The van der Waals surface area contributed by atoms with Gasteiger partial charge in [-0.1, -0.05) is 30.3 Å². The third-order valence-corrected chi connectivity index (χ3v) is 3.20. The highest BCUT2D eigenvalue weighted by Gasteiger charge is 2.13. The minimum Gasteiger partial charge on any atom is -0.345 e. The van der Waals surface area contributed by atoms with Crippen LogP contribution in [0.15, 0.2) is 59.4 Å². The zero-order valence-corrected chi connectivity index (χ0v) is 12.0. The van der Waals surface area contributed by atoms with Crippen LogP contribution in [0, 0.1) is 5.82 Å². The molecule has 6 nitrogen and oxygen atoms in total. The van der Waals surface area contributed by atoms with Crippen molar-refractivity contribution in [2.45, 2.75) is 6.54 Å². The molecule has 23 heavy (non-hydrogen) atoms.